The normalized spacial score (nSPS) is 20.8. The fourth-order valence-electron chi connectivity index (χ4n) is 4.72. The zero-order valence-electron chi connectivity index (χ0n) is 20.4. The van der Waals surface area contributed by atoms with Crippen molar-refractivity contribution >= 4 is 11.8 Å². The van der Waals surface area contributed by atoms with Crippen LogP contribution in [0.15, 0.2) is 53.9 Å². The van der Waals surface area contributed by atoms with Gasteiger partial charge in [0.1, 0.15) is 17.4 Å². The van der Waals surface area contributed by atoms with Crippen LogP contribution in [0.25, 0.3) is 0 Å². The zero-order chi connectivity index (χ0) is 25.8. The molecule has 2 aromatic rings. The van der Waals surface area contributed by atoms with Crippen LogP contribution in [0.2, 0.25) is 0 Å². The van der Waals surface area contributed by atoms with Crippen LogP contribution in [0.1, 0.15) is 47.3 Å². The number of nitrogens with zero attached hydrogens (tertiary/aromatic N) is 1. The summed E-state index contributed by atoms with van der Waals surface area (Å²) in [5.41, 5.74) is 17.5. The second-order valence-electron chi connectivity index (χ2n) is 9.08. The third-order valence-electron chi connectivity index (χ3n) is 6.82. The van der Waals surface area contributed by atoms with Crippen LogP contribution >= 0.6 is 0 Å². The predicted molar refractivity (Wildman–Crippen MR) is 132 cm³/mol. The zero-order valence-corrected chi connectivity index (χ0v) is 20.4. The lowest BCUT2D eigenvalue weighted by molar-refractivity contribution is -0.114. The highest BCUT2D eigenvalue weighted by molar-refractivity contribution is 5.97. The first-order valence-electron chi connectivity index (χ1n) is 11.9. The molecule has 0 aromatic heterocycles. The minimum absolute atomic E-state index is 0.0129. The Morgan fingerprint density at radius 1 is 1.28 bits per heavy atom. The Kier molecular flexibility index (Phi) is 7.76. The van der Waals surface area contributed by atoms with Crippen molar-refractivity contribution in [2.24, 2.45) is 17.4 Å². The van der Waals surface area contributed by atoms with Crippen LogP contribution in [0.3, 0.4) is 0 Å². The van der Waals surface area contributed by atoms with E-state index in [1.165, 1.54) is 19.2 Å². The fraction of sp³-hybridized carbons (Fsp3) is 0.385. The van der Waals surface area contributed by atoms with Gasteiger partial charge in [-0.2, -0.15) is 0 Å². The second-order valence-corrected chi connectivity index (χ2v) is 9.08. The number of carbonyl (C=O) groups is 2. The molecule has 3 atom stereocenters. The van der Waals surface area contributed by atoms with Gasteiger partial charge in [0.2, 0.25) is 5.91 Å². The van der Waals surface area contributed by atoms with Gasteiger partial charge in [0, 0.05) is 25.1 Å². The van der Waals surface area contributed by atoms with E-state index in [1.807, 2.05) is 29.3 Å². The van der Waals surface area contributed by atoms with E-state index in [2.05, 4.69) is 17.7 Å². The summed E-state index contributed by atoms with van der Waals surface area (Å²) in [5.74, 6) is -0.660. The summed E-state index contributed by atoms with van der Waals surface area (Å²) in [4.78, 5) is 24.9. The molecule has 2 aliphatic rings. The van der Waals surface area contributed by atoms with Gasteiger partial charge in [-0.05, 0) is 49.1 Å². The van der Waals surface area contributed by atoms with E-state index in [0.717, 1.165) is 36.6 Å². The largest absolute Gasteiger partial charge is 0.496 e. The number of nitrogens with one attached hydrogen (secondary N) is 2. The molecule has 2 aliphatic heterocycles. The fourth-order valence-corrected chi connectivity index (χ4v) is 4.72. The number of methoxy groups -OCH3 is 1. The molecule has 192 valence electrons. The third-order valence-corrected chi connectivity index (χ3v) is 6.82. The Balaban J connectivity index is 1.45. The number of hydrazine groups is 1. The van der Waals surface area contributed by atoms with Crippen molar-refractivity contribution < 1.29 is 23.5 Å². The summed E-state index contributed by atoms with van der Waals surface area (Å²) in [6, 6.07) is 10.7. The maximum atomic E-state index is 13.6. The van der Waals surface area contributed by atoms with Crippen LogP contribution in [-0.4, -0.2) is 43.2 Å². The second kappa shape index (κ2) is 11.0. The van der Waals surface area contributed by atoms with E-state index in [-0.39, 0.29) is 24.1 Å². The van der Waals surface area contributed by atoms with E-state index < -0.39 is 23.7 Å². The minimum atomic E-state index is -0.583. The molecule has 2 unspecified atom stereocenters. The average molecular weight is 498 g/mol. The maximum absolute atomic E-state index is 13.6. The molecule has 2 heterocycles. The van der Waals surface area contributed by atoms with Gasteiger partial charge in [-0.3, -0.25) is 14.6 Å². The Hall–Kier alpha value is -3.63. The summed E-state index contributed by atoms with van der Waals surface area (Å²) in [5, 5.41) is 4.60. The van der Waals surface area contributed by atoms with Crippen molar-refractivity contribution in [1.82, 2.24) is 15.8 Å². The van der Waals surface area contributed by atoms with Crippen molar-refractivity contribution in [3.8, 4) is 5.75 Å². The van der Waals surface area contributed by atoms with Crippen molar-refractivity contribution in [2.75, 3.05) is 20.3 Å². The Bertz CT molecular complexity index is 1150. The minimum Gasteiger partial charge on any atom is -0.496 e. The summed E-state index contributed by atoms with van der Waals surface area (Å²) in [6.45, 7) is 3.69. The molecular formula is C26H32FN5O4. The molecule has 10 heteroatoms. The molecule has 2 amide bonds. The average Bonchev–Trinajstić information content (AvgIpc) is 3.24. The molecule has 1 fully saturated rings. The number of hydrogen-bond acceptors (Lipinski definition) is 7. The standard InChI is InChI=1S/C26H32FN5O4/c1-15(18-4-3-11-36-14-18)32-24(28)22(25(29)33)23(31-32)17-7-5-16(6-8-17)13-30-26(34)20-12-19(27)9-10-21(20)35-2/h5-10,12,15,18,23,31H,3-4,11,13-14,28H2,1-2H3,(H2,29,33)(H,30,34)/t15?,18?,23-/m1/s1. The summed E-state index contributed by atoms with van der Waals surface area (Å²) in [6.07, 6.45) is 2.01. The van der Waals surface area contributed by atoms with Crippen molar-refractivity contribution in [3.63, 3.8) is 0 Å². The molecule has 0 spiro atoms. The lowest BCUT2D eigenvalue weighted by Gasteiger charge is -2.36. The van der Waals surface area contributed by atoms with Gasteiger partial charge >= 0.3 is 0 Å². The summed E-state index contributed by atoms with van der Waals surface area (Å²) < 4.78 is 24.4. The highest BCUT2D eigenvalue weighted by Gasteiger charge is 2.38. The summed E-state index contributed by atoms with van der Waals surface area (Å²) in [7, 11) is 1.42. The van der Waals surface area contributed by atoms with Gasteiger partial charge in [-0.25, -0.2) is 9.82 Å². The van der Waals surface area contributed by atoms with Crippen molar-refractivity contribution in [1.29, 1.82) is 0 Å². The molecule has 1 saturated heterocycles. The monoisotopic (exact) mass is 497 g/mol. The third kappa shape index (κ3) is 5.29. The Morgan fingerprint density at radius 2 is 2.03 bits per heavy atom. The molecule has 36 heavy (non-hydrogen) atoms. The molecule has 0 bridgehead atoms. The van der Waals surface area contributed by atoms with Crippen LogP contribution in [-0.2, 0) is 16.1 Å². The number of carbonyl (C=O) groups excluding carboxylic acids is 2. The molecule has 0 radical (unpaired) electrons. The van der Waals surface area contributed by atoms with Gasteiger partial charge in [0.15, 0.2) is 0 Å². The van der Waals surface area contributed by atoms with Crippen LogP contribution in [0.5, 0.6) is 5.75 Å². The highest BCUT2D eigenvalue weighted by atomic mass is 19.1. The quantitative estimate of drug-likeness (QED) is 0.439. The van der Waals surface area contributed by atoms with Crippen molar-refractivity contribution in [3.05, 3.63) is 76.4 Å². The van der Waals surface area contributed by atoms with E-state index >= 15 is 0 Å². The number of ether oxygens (including phenoxy) is 2. The Labute approximate surface area is 209 Å². The maximum Gasteiger partial charge on any atom is 0.255 e. The van der Waals surface area contributed by atoms with Crippen molar-refractivity contribution in [2.45, 2.75) is 38.4 Å². The summed E-state index contributed by atoms with van der Waals surface area (Å²) >= 11 is 0. The lowest BCUT2D eigenvalue weighted by atomic mass is 9.94. The molecule has 0 saturated carbocycles. The Morgan fingerprint density at radius 3 is 2.67 bits per heavy atom. The number of halogens is 1. The first-order chi connectivity index (χ1) is 17.3. The highest BCUT2D eigenvalue weighted by Crippen LogP contribution is 2.33. The smallest absolute Gasteiger partial charge is 0.255 e. The van der Waals surface area contributed by atoms with Crippen LogP contribution < -0.4 is 26.9 Å². The SMILES string of the molecule is COc1ccc(F)cc1C(=O)NCc1ccc([C@H]2NN(C(C)C3CCCOC3)C(N)=C2C(N)=O)cc1. The number of rotatable bonds is 8. The first kappa shape index (κ1) is 25.5. The molecule has 6 N–H and O–H groups in total. The van der Waals surface area contributed by atoms with E-state index in [9.17, 15) is 14.0 Å². The molecule has 9 nitrogen and oxygen atoms in total. The molecule has 2 aromatic carbocycles. The van der Waals surface area contributed by atoms with E-state index in [4.69, 9.17) is 20.9 Å². The number of amides is 2. The number of benzene rings is 2. The number of nitrogens with two attached hydrogens (primary N) is 2. The van der Waals surface area contributed by atoms with E-state index in [0.29, 0.717) is 23.8 Å². The van der Waals surface area contributed by atoms with Gasteiger partial charge in [-0.1, -0.05) is 24.3 Å². The van der Waals surface area contributed by atoms with E-state index in [1.54, 1.807) is 0 Å². The molecule has 4 rings (SSSR count). The van der Waals surface area contributed by atoms with Crippen LogP contribution in [0, 0.1) is 11.7 Å². The van der Waals surface area contributed by atoms with Gasteiger partial charge in [0.05, 0.1) is 30.9 Å². The predicted octanol–water partition coefficient (Wildman–Crippen LogP) is 2.10. The van der Waals surface area contributed by atoms with Gasteiger partial charge < -0.3 is 26.3 Å². The number of hydrogen-bond donors (Lipinski definition) is 4. The molecule has 0 aliphatic carbocycles. The number of primary amides is 1. The van der Waals surface area contributed by atoms with Gasteiger partial charge in [0.25, 0.3) is 5.91 Å². The molecular weight excluding hydrogens is 465 g/mol. The first-order valence-corrected chi connectivity index (χ1v) is 11.9. The lowest BCUT2D eigenvalue weighted by Crippen LogP contribution is -2.47. The topological polar surface area (TPSA) is 132 Å². The van der Waals surface area contributed by atoms with Gasteiger partial charge in [-0.15, -0.1) is 0 Å². The van der Waals surface area contributed by atoms with Crippen LogP contribution in [0.4, 0.5) is 4.39 Å².